The molecule has 0 spiro atoms. The second kappa shape index (κ2) is 11.9. The number of nitrogens with one attached hydrogen (secondary N) is 2. The van der Waals surface area contributed by atoms with Crippen LogP contribution in [0, 0.1) is 20.2 Å². The van der Waals surface area contributed by atoms with Gasteiger partial charge >= 0.3 is 5.97 Å². The van der Waals surface area contributed by atoms with Gasteiger partial charge in [0.2, 0.25) is 5.91 Å². The zero-order chi connectivity index (χ0) is 21.0. The highest BCUT2D eigenvalue weighted by atomic mass is 17.0. The molecule has 0 aromatic rings. The minimum absolute atomic E-state index is 0.141. The average molecular weight is 394 g/mol. The largest absolute Gasteiger partial charge is 0.480 e. The molecule has 16 heteroatoms. The Morgan fingerprint density at radius 1 is 1.26 bits per heavy atom. The maximum atomic E-state index is 11.7. The molecule has 0 fully saturated rings. The van der Waals surface area contributed by atoms with Crippen LogP contribution >= 0.6 is 0 Å². The number of nitrogens with zero attached hydrogens (tertiary/aromatic N) is 3. The number of carboxylic acids is 1. The van der Waals surface area contributed by atoms with Crippen molar-refractivity contribution in [3.8, 4) is 0 Å². The Labute approximate surface area is 150 Å². The van der Waals surface area contributed by atoms with E-state index in [1.165, 1.54) is 6.92 Å². The van der Waals surface area contributed by atoms with Crippen LogP contribution in [0.4, 0.5) is 0 Å². The summed E-state index contributed by atoms with van der Waals surface area (Å²) < 4.78 is 0. The highest BCUT2D eigenvalue weighted by molar-refractivity contribution is 6.37. The van der Waals surface area contributed by atoms with Gasteiger partial charge in [0.25, 0.3) is 16.1 Å². The molecule has 0 unspecified atom stereocenters. The second-order valence-electron chi connectivity index (χ2n) is 4.90. The molecule has 0 saturated carbocycles. The first kappa shape index (κ1) is 23.4. The van der Waals surface area contributed by atoms with Crippen LogP contribution in [0.15, 0.2) is 5.10 Å². The van der Waals surface area contributed by atoms with E-state index in [0.717, 1.165) is 0 Å². The van der Waals surface area contributed by atoms with Gasteiger partial charge in [0, 0.05) is 13.0 Å². The molecular weight excluding hydrogens is 376 g/mol. The van der Waals surface area contributed by atoms with Crippen molar-refractivity contribution in [2.24, 2.45) is 10.8 Å². The summed E-state index contributed by atoms with van der Waals surface area (Å²) in [5.41, 5.74) is 6.98. The molecule has 0 bridgehead atoms. The third-order valence-electron chi connectivity index (χ3n) is 2.77. The number of aliphatic carboxylic acids is 1. The molecule has 16 nitrogen and oxygen atoms in total. The lowest BCUT2D eigenvalue weighted by Gasteiger charge is -2.14. The van der Waals surface area contributed by atoms with E-state index in [0.29, 0.717) is 0 Å². The zero-order valence-corrected chi connectivity index (χ0v) is 14.0. The first-order valence-electron chi connectivity index (χ1n) is 7.21. The van der Waals surface area contributed by atoms with E-state index >= 15 is 0 Å². The van der Waals surface area contributed by atoms with Crippen molar-refractivity contribution >= 4 is 23.5 Å². The number of hydrazone groups is 1. The summed E-state index contributed by atoms with van der Waals surface area (Å²) in [6.45, 7) is -0.109. The molecule has 5 N–H and O–H groups in total. The Bertz CT molecular complexity index is 608. The van der Waals surface area contributed by atoms with E-state index in [1.54, 1.807) is 0 Å². The predicted octanol–water partition coefficient (Wildman–Crippen LogP) is -2.43. The fraction of sp³-hybridized carbons (Fsp3) is 0.636. The van der Waals surface area contributed by atoms with Gasteiger partial charge in [-0.25, -0.2) is 5.43 Å². The van der Waals surface area contributed by atoms with Crippen molar-refractivity contribution in [2.75, 3.05) is 13.2 Å². The molecule has 0 aliphatic heterocycles. The molecule has 0 heterocycles. The number of carbonyl (C=O) groups excluding carboxylic acids is 2. The van der Waals surface area contributed by atoms with Crippen LogP contribution in [0.1, 0.15) is 19.8 Å². The Hall–Kier alpha value is -3.56. The van der Waals surface area contributed by atoms with Gasteiger partial charge in [-0.2, -0.15) is 5.10 Å². The lowest BCUT2D eigenvalue weighted by Crippen LogP contribution is -2.40. The van der Waals surface area contributed by atoms with Crippen LogP contribution < -0.4 is 16.5 Å². The van der Waals surface area contributed by atoms with Gasteiger partial charge in [0.05, 0.1) is 0 Å². The summed E-state index contributed by atoms with van der Waals surface area (Å²) >= 11 is 0. The van der Waals surface area contributed by atoms with Crippen molar-refractivity contribution in [2.45, 2.75) is 31.9 Å². The average Bonchev–Trinajstić information content (AvgIpc) is 2.58. The minimum Gasteiger partial charge on any atom is -0.480 e. The van der Waals surface area contributed by atoms with Gasteiger partial charge in [0.15, 0.2) is 0 Å². The predicted molar refractivity (Wildman–Crippen MR) is 83.9 cm³/mol. The van der Waals surface area contributed by atoms with Crippen LogP contribution in [-0.4, -0.2) is 64.1 Å². The lowest BCUT2D eigenvalue weighted by molar-refractivity contribution is -0.789. The van der Waals surface area contributed by atoms with Gasteiger partial charge in [-0.3, -0.25) is 14.4 Å². The Morgan fingerprint density at radius 2 is 1.89 bits per heavy atom. The number of carbonyl (C=O) groups is 3. The van der Waals surface area contributed by atoms with Crippen molar-refractivity contribution < 1.29 is 39.3 Å². The van der Waals surface area contributed by atoms with Crippen molar-refractivity contribution in [1.82, 2.24) is 10.7 Å². The Kier molecular flexibility index (Phi) is 10.3. The van der Waals surface area contributed by atoms with Gasteiger partial charge in [-0.05, 0) is 13.3 Å². The Balaban J connectivity index is 4.45. The summed E-state index contributed by atoms with van der Waals surface area (Å²) in [4.78, 5) is 62.1. The highest BCUT2D eigenvalue weighted by Gasteiger charge is 2.18. The van der Waals surface area contributed by atoms with Crippen LogP contribution in [0.5, 0.6) is 0 Å². The standard InChI is InChI=1S/C11H18N6O10/c1-6(14-15-9(18)3-2-8(12)11(20)21)10(19)13-4-7(27-17(24)25)5-26-16(22)23/h7-8H,2-5,12H2,1H3,(H,13,19)(H,15,18)(H,20,21)/b14-6+/t7-,8-/m0/s1. The molecule has 0 aromatic carbocycles. The van der Waals surface area contributed by atoms with Gasteiger partial charge in [-0.1, -0.05) is 0 Å². The fourth-order valence-electron chi connectivity index (χ4n) is 1.39. The summed E-state index contributed by atoms with van der Waals surface area (Å²) in [5, 5.41) is 32.2. The maximum Gasteiger partial charge on any atom is 0.320 e. The molecule has 0 radical (unpaired) electrons. The summed E-state index contributed by atoms with van der Waals surface area (Å²) in [6, 6.07) is -1.22. The van der Waals surface area contributed by atoms with Crippen molar-refractivity contribution in [1.29, 1.82) is 0 Å². The summed E-state index contributed by atoms with van der Waals surface area (Å²) in [6.07, 6.45) is -1.84. The first-order chi connectivity index (χ1) is 12.5. The molecule has 0 aliphatic rings. The molecule has 0 saturated heterocycles. The molecule has 2 amide bonds. The third-order valence-corrected chi connectivity index (χ3v) is 2.77. The van der Waals surface area contributed by atoms with E-state index in [9.17, 15) is 34.6 Å². The van der Waals surface area contributed by atoms with E-state index in [4.69, 9.17) is 10.8 Å². The lowest BCUT2D eigenvalue weighted by atomic mass is 10.2. The fourth-order valence-corrected chi connectivity index (χ4v) is 1.39. The topological polar surface area (TPSA) is 239 Å². The summed E-state index contributed by atoms with van der Waals surface area (Å²) in [7, 11) is 0. The number of hydrogen-bond acceptors (Lipinski definition) is 11. The number of carboxylic acid groups (broad SMARTS) is 1. The van der Waals surface area contributed by atoms with Crippen LogP contribution in [0.2, 0.25) is 0 Å². The maximum absolute atomic E-state index is 11.7. The van der Waals surface area contributed by atoms with Gasteiger partial charge in [-0.15, -0.1) is 20.2 Å². The summed E-state index contributed by atoms with van der Waals surface area (Å²) in [5.74, 6) is -2.81. The van der Waals surface area contributed by atoms with E-state index < -0.39 is 53.3 Å². The van der Waals surface area contributed by atoms with Crippen molar-refractivity contribution in [3.05, 3.63) is 20.2 Å². The molecule has 27 heavy (non-hydrogen) atoms. The van der Waals surface area contributed by atoms with Crippen molar-refractivity contribution in [3.63, 3.8) is 0 Å². The smallest absolute Gasteiger partial charge is 0.320 e. The number of rotatable bonds is 13. The number of amides is 2. The van der Waals surface area contributed by atoms with Crippen LogP contribution in [0.25, 0.3) is 0 Å². The molecule has 152 valence electrons. The monoisotopic (exact) mass is 394 g/mol. The molecule has 0 rings (SSSR count). The molecule has 0 aromatic heterocycles. The zero-order valence-electron chi connectivity index (χ0n) is 14.0. The number of nitrogens with two attached hydrogens (primary N) is 1. The second-order valence-corrected chi connectivity index (χ2v) is 4.90. The van der Waals surface area contributed by atoms with Crippen LogP contribution in [0.3, 0.4) is 0 Å². The van der Waals surface area contributed by atoms with Crippen LogP contribution in [-0.2, 0) is 24.1 Å². The minimum atomic E-state index is -1.45. The van der Waals surface area contributed by atoms with E-state index in [1.807, 2.05) is 5.43 Å². The van der Waals surface area contributed by atoms with E-state index in [-0.39, 0.29) is 18.6 Å². The first-order valence-corrected chi connectivity index (χ1v) is 7.21. The van der Waals surface area contributed by atoms with Gasteiger partial charge < -0.3 is 25.8 Å². The molecule has 2 atom stereocenters. The number of hydrogen-bond donors (Lipinski definition) is 4. The molecular formula is C11H18N6O10. The normalized spacial score (nSPS) is 13.0. The quantitative estimate of drug-likeness (QED) is 0.145. The SMILES string of the molecule is C/C(=N\NC(=O)CC[C@H](N)C(=O)O)C(=O)NC[C@@H](CO[N+](=O)[O-])O[N+](=O)[O-]. The van der Waals surface area contributed by atoms with E-state index in [2.05, 4.69) is 20.1 Å². The Morgan fingerprint density at radius 3 is 2.41 bits per heavy atom. The highest BCUT2D eigenvalue weighted by Crippen LogP contribution is 1.96. The van der Waals surface area contributed by atoms with Gasteiger partial charge in [0.1, 0.15) is 24.5 Å². The molecule has 0 aliphatic carbocycles. The third kappa shape index (κ3) is 11.6.